The van der Waals surface area contributed by atoms with Crippen LogP contribution in [0.15, 0.2) is 48.8 Å². The normalized spacial score (nSPS) is 18.5. The molecular weight excluding hydrogens is 394 g/mol. The van der Waals surface area contributed by atoms with E-state index in [9.17, 15) is 14.4 Å². The van der Waals surface area contributed by atoms with Crippen molar-refractivity contribution in [2.24, 2.45) is 5.92 Å². The smallest absolute Gasteiger partial charge is 0.320 e. The summed E-state index contributed by atoms with van der Waals surface area (Å²) >= 11 is 0. The van der Waals surface area contributed by atoms with Gasteiger partial charge in [-0.2, -0.15) is 0 Å². The molecule has 1 aromatic heterocycles. The fourth-order valence-electron chi connectivity index (χ4n) is 4.09. The highest BCUT2D eigenvalue weighted by molar-refractivity contribution is 6.04. The number of pyridine rings is 1. The van der Waals surface area contributed by atoms with Crippen LogP contribution in [-0.2, 0) is 4.79 Å². The van der Waals surface area contributed by atoms with Crippen LogP contribution >= 0.6 is 0 Å². The van der Waals surface area contributed by atoms with E-state index in [0.717, 1.165) is 38.8 Å². The molecule has 2 fully saturated rings. The van der Waals surface area contributed by atoms with Crippen molar-refractivity contribution in [3.63, 3.8) is 0 Å². The third-order valence-electron chi connectivity index (χ3n) is 5.75. The van der Waals surface area contributed by atoms with Crippen molar-refractivity contribution in [1.29, 1.82) is 0 Å². The molecule has 1 atom stereocenters. The van der Waals surface area contributed by atoms with Crippen LogP contribution in [-0.4, -0.2) is 58.8 Å². The summed E-state index contributed by atoms with van der Waals surface area (Å²) in [4.78, 5) is 45.5. The summed E-state index contributed by atoms with van der Waals surface area (Å²) in [6.45, 7) is 2.76. The number of nitrogens with zero attached hydrogens (tertiary/aromatic N) is 3. The van der Waals surface area contributed by atoms with E-state index in [2.05, 4.69) is 15.6 Å². The molecule has 31 heavy (non-hydrogen) atoms. The molecule has 2 aliphatic rings. The zero-order valence-corrected chi connectivity index (χ0v) is 17.4. The van der Waals surface area contributed by atoms with E-state index < -0.39 is 0 Å². The summed E-state index contributed by atoms with van der Waals surface area (Å²) in [5, 5.41) is 5.76. The van der Waals surface area contributed by atoms with Gasteiger partial charge in [0.05, 0.1) is 11.5 Å². The first-order chi connectivity index (χ1) is 15.1. The Bertz CT molecular complexity index is 943. The largest absolute Gasteiger partial charge is 0.326 e. The average molecular weight is 422 g/mol. The van der Waals surface area contributed by atoms with Gasteiger partial charge in [0, 0.05) is 49.9 Å². The van der Waals surface area contributed by atoms with Crippen LogP contribution in [0.2, 0.25) is 0 Å². The molecule has 2 N–H and O–H groups in total. The van der Waals surface area contributed by atoms with Crippen molar-refractivity contribution in [3.8, 4) is 0 Å². The maximum absolute atomic E-state index is 12.9. The highest BCUT2D eigenvalue weighted by Crippen LogP contribution is 2.22. The lowest BCUT2D eigenvalue weighted by Gasteiger charge is -2.34. The fraction of sp³-hybridized carbons (Fsp3) is 0.391. The summed E-state index contributed by atoms with van der Waals surface area (Å²) in [5.41, 5.74) is 1.65. The molecule has 8 nitrogen and oxygen atoms in total. The second-order valence-electron chi connectivity index (χ2n) is 8.03. The zero-order chi connectivity index (χ0) is 21.6. The van der Waals surface area contributed by atoms with E-state index in [1.54, 1.807) is 42.6 Å². The predicted octanol–water partition coefficient (Wildman–Crippen LogP) is 3.20. The molecular formula is C23H27N5O3. The number of hydrogen-bond donors (Lipinski definition) is 2. The molecule has 0 aliphatic carbocycles. The zero-order valence-electron chi connectivity index (χ0n) is 17.4. The molecule has 0 saturated carbocycles. The van der Waals surface area contributed by atoms with Gasteiger partial charge in [0.25, 0.3) is 5.91 Å². The molecule has 3 heterocycles. The van der Waals surface area contributed by atoms with Crippen molar-refractivity contribution >= 4 is 29.2 Å². The molecule has 1 unspecified atom stereocenters. The number of likely N-dealkylation sites (tertiary alicyclic amines) is 2. The van der Waals surface area contributed by atoms with Crippen molar-refractivity contribution in [2.45, 2.75) is 25.7 Å². The lowest BCUT2D eigenvalue weighted by Crippen LogP contribution is -2.48. The number of rotatable bonds is 4. The van der Waals surface area contributed by atoms with Gasteiger partial charge in [0.2, 0.25) is 5.91 Å². The van der Waals surface area contributed by atoms with Crippen LogP contribution in [0.4, 0.5) is 16.2 Å². The van der Waals surface area contributed by atoms with Gasteiger partial charge in [-0.05, 0) is 56.0 Å². The standard InChI is InChI=1S/C23H27N5O3/c29-21(17-6-4-10-24-15-17)25-19-8-3-9-20(14-19)26-22(30)18-7-5-13-28(16-18)23(31)27-11-1-2-12-27/h3-4,6,8-10,14-15,18H,1-2,5,7,11-13,16H2,(H,25,29)(H,26,30). The molecule has 0 radical (unpaired) electrons. The van der Waals surface area contributed by atoms with Crippen LogP contribution in [0.1, 0.15) is 36.0 Å². The molecule has 1 aromatic carbocycles. The van der Waals surface area contributed by atoms with Crippen molar-refractivity contribution < 1.29 is 14.4 Å². The lowest BCUT2D eigenvalue weighted by molar-refractivity contribution is -0.121. The number of piperidine rings is 1. The first-order valence-corrected chi connectivity index (χ1v) is 10.8. The maximum Gasteiger partial charge on any atom is 0.320 e. The van der Waals surface area contributed by atoms with E-state index in [0.29, 0.717) is 30.0 Å². The van der Waals surface area contributed by atoms with Gasteiger partial charge in [-0.15, -0.1) is 0 Å². The van der Waals surface area contributed by atoms with Crippen molar-refractivity contribution in [3.05, 3.63) is 54.4 Å². The van der Waals surface area contributed by atoms with E-state index in [1.165, 1.54) is 6.20 Å². The Balaban J connectivity index is 1.35. The van der Waals surface area contributed by atoms with Crippen LogP contribution < -0.4 is 10.6 Å². The third-order valence-corrected chi connectivity index (χ3v) is 5.75. The molecule has 2 aliphatic heterocycles. The lowest BCUT2D eigenvalue weighted by atomic mass is 9.97. The van der Waals surface area contributed by atoms with Gasteiger partial charge in [0.15, 0.2) is 0 Å². The Morgan fingerprint density at radius 3 is 2.39 bits per heavy atom. The molecule has 4 amide bonds. The fourth-order valence-corrected chi connectivity index (χ4v) is 4.09. The highest BCUT2D eigenvalue weighted by atomic mass is 16.2. The Morgan fingerprint density at radius 2 is 1.65 bits per heavy atom. The van der Waals surface area contributed by atoms with Gasteiger partial charge in [0.1, 0.15) is 0 Å². The molecule has 8 heteroatoms. The summed E-state index contributed by atoms with van der Waals surface area (Å²) < 4.78 is 0. The minimum atomic E-state index is -0.264. The van der Waals surface area contributed by atoms with E-state index in [-0.39, 0.29) is 23.8 Å². The Labute approximate surface area is 181 Å². The third kappa shape index (κ3) is 5.20. The van der Waals surface area contributed by atoms with Crippen molar-refractivity contribution in [2.75, 3.05) is 36.8 Å². The Kier molecular flexibility index (Phi) is 6.45. The molecule has 4 rings (SSSR count). The van der Waals surface area contributed by atoms with Crippen LogP contribution in [0.5, 0.6) is 0 Å². The monoisotopic (exact) mass is 421 g/mol. The number of aromatic nitrogens is 1. The van der Waals surface area contributed by atoms with E-state index >= 15 is 0 Å². The number of hydrogen-bond acceptors (Lipinski definition) is 4. The Morgan fingerprint density at radius 1 is 0.903 bits per heavy atom. The first-order valence-electron chi connectivity index (χ1n) is 10.8. The number of urea groups is 1. The predicted molar refractivity (Wildman–Crippen MR) is 118 cm³/mol. The van der Waals surface area contributed by atoms with Gasteiger partial charge >= 0.3 is 6.03 Å². The quantitative estimate of drug-likeness (QED) is 0.793. The second-order valence-corrected chi connectivity index (χ2v) is 8.03. The van der Waals surface area contributed by atoms with E-state index in [4.69, 9.17) is 0 Å². The van der Waals surface area contributed by atoms with E-state index in [1.807, 2.05) is 9.80 Å². The number of nitrogens with one attached hydrogen (secondary N) is 2. The first kappa shape index (κ1) is 20.8. The Hall–Kier alpha value is -3.42. The molecule has 0 bridgehead atoms. The summed E-state index contributed by atoms with van der Waals surface area (Å²) in [5.74, 6) is -0.608. The average Bonchev–Trinajstić information content (AvgIpc) is 3.34. The van der Waals surface area contributed by atoms with Gasteiger partial charge < -0.3 is 20.4 Å². The number of benzene rings is 1. The SMILES string of the molecule is O=C(Nc1cccc(NC(=O)C2CCCN(C(=O)N3CCCC3)C2)c1)c1cccnc1. The molecule has 0 spiro atoms. The number of carbonyl (C=O) groups is 3. The number of anilines is 2. The second kappa shape index (κ2) is 9.59. The summed E-state index contributed by atoms with van der Waals surface area (Å²) in [6.07, 6.45) is 6.79. The molecule has 162 valence electrons. The van der Waals surface area contributed by atoms with Crippen molar-refractivity contribution in [1.82, 2.24) is 14.8 Å². The van der Waals surface area contributed by atoms with Crippen LogP contribution in [0, 0.1) is 5.92 Å². The van der Waals surface area contributed by atoms with Gasteiger partial charge in [-0.1, -0.05) is 6.07 Å². The number of amides is 4. The van der Waals surface area contributed by atoms with Crippen LogP contribution in [0.25, 0.3) is 0 Å². The molecule has 2 aromatic rings. The minimum Gasteiger partial charge on any atom is -0.326 e. The number of carbonyl (C=O) groups excluding carboxylic acids is 3. The maximum atomic E-state index is 12.9. The van der Waals surface area contributed by atoms with Gasteiger partial charge in [-0.3, -0.25) is 14.6 Å². The van der Waals surface area contributed by atoms with Gasteiger partial charge in [-0.25, -0.2) is 4.79 Å². The molecule has 2 saturated heterocycles. The summed E-state index contributed by atoms with van der Waals surface area (Å²) in [6, 6.07) is 10.5. The summed E-state index contributed by atoms with van der Waals surface area (Å²) in [7, 11) is 0. The van der Waals surface area contributed by atoms with Crippen LogP contribution in [0.3, 0.4) is 0 Å². The highest BCUT2D eigenvalue weighted by Gasteiger charge is 2.31. The topological polar surface area (TPSA) is 94.6 Å². The minimum absolute atomic E-state index is 0.0510.